The van der Waals surface area contributed by atoms with Crippen LogP contribution in [0.25, 0.3) is 0 Å². The maximum Gasteiger partial charge on any atom is 0.326 e. The van der Waals surface area contributed by atoms with Gasteiger partial charge in [-0.3, -0.25) is 4.79 Å². The first-order valence-corrected chi connectivity index (χ1v) is 7.54. The number of carbonyl (C=O) groups is 2. The summed E-state index contributed by atoms with van der Waals surface area (Å²) in [5.41, 5.74) is 0. The van der Waals surface area contributed by atoms with Gasteiger partial charge in [0.2, 0.25) is 5.91 Å². The first-order chi connectivity index (χ1) is 7.47. The molecule has 6 heteroatoms. The summed E-state index contributed by atoms with van der Waals surface area (Å²) >= 11 is 3.08. The van der Waals surface area contributed by atoms with Gasteiger partial charge in [0.05, 0.1) is 5.75 Å². The van der Waals surface area contributed by atoms with Crippen molar-refractivity contribution < 1.29 is 14.7 Å². The molecule has 2 N–H and O–H groups in total. The Morgan fingerprint density at radius 3 is 2.44 bits per heavy atom. The maximum absolute atomic E-state index is 11.4. The molecule has 0 aromatic carbocycles. The van der Waals surface area contributed by atoms with E-state index >= 15 is 0 Å². The van der Waals surface area contributed by atoms with E-state index in [1.165, 1.54) is 11.8 Å². The number of aliphatic carboxylic acids is 1. The van der Waals surface area contributed by atoms with E-state index in [4.69, 9.17) is 5.11 Å². The third kappa shape index (κ3) is 7.87. The second-order valence-electron chi connectivity index (χ2n) is 3.60. The van der Waals surface area contributed by atoms with E-state index in [0.717, 1.165) is 5.75 Å². The number of nitrogens with one attached hydrogen (secondary N) is 1. The van der Waals surface area contributed by atoms with Crippen LogP contribution < -0.4 is 5.32 Å². The molecule has 0 rings (SSSR count). The molecule has 0 saturated heterocycles. The maximum atomic E-state index is 11.4. The minimum atomic E-state index is -0.961. The monoisotopic (exact) mass is 265 g/mol. The van der Waals surface area contributed by atoms with Gasteiger partial charge in [-0.05, 0) is 23.7 Å². The molecule has 1 unspecified atom stereocenters. The average Bonchev–Trinajstić information content (AvgIpc) is 2.20. The number of carboxylic acid groups (broad SMARTS) is 1. The summed E-state index contributed by atoms with van der Waals surface area (Å²) in [6, 6.07) is -0.757. The predicted octanol–water partition coefficient (Wildman–Crippen LogP) is 1.45. The van der Waals surface area contributed by atoms with Gasteiger partial charge in [0.1, 0.15) is 6.04 Å². The Balaban J connectivity index is 3.98. The highest BCUT2D eigenvalue weighted by molar-refractivity contribution is 8.00. The summed E-state index contributed by atoms with van der Waals surface area (Å²) in [7, 11) is 0. The number of hydrogen-bond donors (Lipinski definition) is 2. The molecule has 0 aromatic heterocycles. The van der Waals surface area contributed by atoms with Gasteiger partial charge in [-0.1, -0.05) is 13.8 Å². The Morgan fingerprint density at radius 2 is 2.00 bits per heavy atom. The zero-order valence-corrected chi connectivity index (χ0v) is 11.5. The van der Waals surface area contributed by atoms with Crippen LogP contribution in [0.15, 0.2) is 0 Å². The third-order valence-corrected chi connectivity index (χ3v) is 3.53. The van der Waals surface area contributed by atoms with Crippen LogP contribution in [0.1, 0.15) is 20.3 Å². The fraction of sp³-hybridized carbons (Fsp3) is 0.800. The van der Waals surface area contributed by atoms with Crippen molar-refractivity contribution in [1.82, 2.24) is 5.32 Å². The molecule has 0 bridgehead atoms. The summed E-state index contributed by atoms with van der Waals surface area (Å²) in [6.45, 7) is 4.00. The Hall–Kier alpha value is -0.360. The van der Waals surface area contributed by atoms with Gasteiger partial charge >= 0.3 is 5.97 Å². The molecule has 0 saturated carbocycles. The lowest BCUT2D eigenvalue weighted by Gasteiger charge is -2.14. The number of hydrogen-bond acceptors (Lipinski definition) is 4. The van der Waals surface area contributed by atoms with E-state index in [1.54, 1.807) is 11.8 Å². The highest BCUT2D eigenvalue weighted by Gasteiger charge is 2.19. The molecule has 0 heterocycles. The van der Waals surface area contributed by atoms with Crippen LogP contribution in [-0.4, -0.2) is 46.0 Å². The molecule has 1 amide bonds. The number of rotatable bonds is 8. The predicted molar refractivity (Wildman–Crippen MR) is 70.2 cm³/mol. The van der Waals surface area contributed by atoms with Crippen molar-refractivity contribution in [3.05, 3.63) is 0 Å². The number of carboxylic acids is 1. The highest BCUT2D eigenvalue weighted by Crippen LogP contribution is 2.08. The largest absolute Gasteiger partial charge is 0.480 e. The number of carbonyl (C=O) groups excluding carboxylic acids is 1. The van der Waals surface area contributed by atoms with E-state index < -0.39 is 12.0 Å². The van der Waals surface area contributed by atoms with Crippen LogP contribution in [0.5, 0.6) is 0 Å². The fourth-order valence-corrected chi connectivity index (χ4v) is 2.01. The topological polar surface area (TPSA) is 66.4 Å². The van der Waals surface area contributed by atoms with Gasteiger partial charge in [-0.25, -0.2) is 4.79 Å². The highest BCUT2D eigenvalue weighted by atomic mass is 32.2. The average molecular weight is 265 g/mol. The summed E-state index contributed by atoms with van der Waals surface area (Å²) in [6.07, 6.45) is 2.38. The standard InChI is InChI=1S/C10H19NO3S2/c1-7(2)16-6-9(12)11-8(10(13)14)4-5-15-3/h7-8H,4-6H2,1-3H3,(H,11,12)(H,13,14). The second kappa shape index (κ2) is 8.75. The summed E-state index contributed by atoms with van der Waals surface area (Å²) in [4.78, 5) is 22.3. The lowest BCUT2D eigenvalue weighted by Crippen LogP contribution is -2.42. The zero-order chi connectivity index (χ0) is 12.6. The van der Waals surface area contributed by atoms with Crippen molar-refractivity contribution in [3.8, 4) is 0 Å². The van der Waals surface area contributed by atoms with Gasteiger partial charge in [-0.2, -0.15) is 11.8 Å². The second-order valence-corrected chi connectivity index (χ2v) is 6.15. The minimum Gasteiger partial charge on any atom is -0.480 e. The van der Waals surface area contributed by atoms with Crippen molar-refractivity contribution in [2.24, 2.45) is 0 Å². The lowest BCUT2D eigenvalue weighted by atomic mass is 10.2. The molecule has 1 atom stereocenters. The fourth-order valence-electron chi connectivity index (χ4n) is 0.971. The molecular formula is C10H19NO3S2. The summed E-state index contributed by atoms with van der Waals surface area (Å²) in [5, 5.41) is 11.8. The van der Waals surface area contributed by atoms with Crippen LogP contribution in [-0.2, 0) is 9.59 Å². The van der Waals surface area contributed by atoms with Crippen LogP contribution >= 0.6 is 23.5 Å². The van der Waals surface area contributed by atoms with Crippen LogP contribution in [0.3, 0.4) is 0 Å². The van der Waals surface area contributed by atoms with E-state index in [9.17, 15) is 9.59 Å². The Labute approximate surface area is 105 Å². The summed E-state index contributed by atoms with van der Waals surface area (Å²) < 4.78 is 0. The number of thioether (sulfide) groups is 2. The van der Waals surface area contributed by atoms with Gasteiger partial charge in [-0.15, -0.1) is 11.8 Å². The van der Waals surface area contributed by atoms with Crippen LogP contribution in [0.2, 0.25) is 0 Å². The van der Waals surface area contributed by atoms with Crippen molar-refractivity contribution in [2.45, 2.75) is 31.6 Å². The Kier molecular flexibility index (Phi) is 8.56. The van der Waals surface area contributed by atoms with Crippen LogP contribution in [0, 0.1) is 0 Å². The molecular weight excluding hydrogens is 246 g/mol. The Morgan fingerprint density at radius 1 is 1.38 bits per heavy atom. The molecule has 0 fully saturated rings. The molecule has 4 nitrogen and oxygen atoms in total. The number of amides is 1. The molecule has 0 aromatic rings. The molecule has 0 spiro atoms. The normalized spacial score (nSPS) is 12.5. The molecule has 94 valence electrons. The lowest BCUT2D eigenvalue weighted by molar-refractivity contribution is -0.141. The molecule has 0 aliphatic heterocycles. The zero-order valence-electron chi connectivity index (χ0n) is 9.86. The van der Waals surface area contributed by atoms with Crippen LogP contribution in [0.4, 0.5) is 0 Å². The third-order valence-electron chi connectivity index (χ3n) is 1.79. The van der Waals surface area contributed by atoms with Gasteiger partial charge in [0, 0.05) is 0 Å². The molecule has 0 aliphatic rings. The van der Waals surface area contributed by atoms with E-state index in [-0.39, 0.29) is 5.91 Å². The SMILES string of the molecule is CSCCC(NC(=O)CSC(C)C)C(=O)O. The first kappa shape index (κ1) is 15.6. The summed E-state index contributed by atoms with van der Waals surface area (Å²) in [5.74, 6) is -0.112. The van der Waals surface area contributed by atoms with E-state index in [1.807, 2.05) is 20.1 Å². The Bertz CT molecular complexity index is 234. The van der Waals surface area contributed by atoms with Gasteiger partial charge in [0.25, 0.3) is 0 Å². The van der Waals surface area contributed by atoms with Gasteiger partial charge in [0.15, 0.2) is 0 Å². The first-order valence-electron chi connectivity index (χ1n) is 5.10. The smallest absolute Gasteiger partial charge is 0.326 e. The molecule has 0 radical (unpaired) electrons. The quantitative estimate of drug-likeness (QED) is 0.695. The van der Waals surface area contributed by atoms with Crippen molar-refractivity contribution >= 4 is 35.4 Å². The molecule has 0 aliphatic carbocycles. The van der Waals surface area contributed by atoms with Crippen molar-refractivity contribution in [2.75, 3.05) is 17.8 Å². The molecule has 16 heavy (non-hydrogen) atoms. The van der Waals surface area contributed by atoms with Crippen molar-refractivity contribution in [1.29, 1.82) is 0 Å². The van der Waals surface area contributed by atoms with E-state index in [0.29, 0.717) is 17.4 Å². The van der Waals surface area contributed by atoms with Gasteiger partial charge < -0.3 is 10.4 Å². The van der Waals surface area contributed by atoms with E-state index in [2.05, 4.69) is 5.32 Å². The van der Waals surface area contributed by atoms with Crippen molar-refractivity contribution in [3.63, 3.8) is 0 Å². The minimum absolute atomic E-state index is 0.202.